The third-order valence-electron chi connectivity index (χ3n) is 2.76. The molecule has 0 amide bonds. The number of anilines is 2. The van der Waals surface area contributed by atoms with E-state index in [0.29, 0.717) is 0 Å². The molecule has 5 nitrogen and oxygen atoms in total. The highest BCUT2D eigenvalue weighted by atomic mass is 32.2. The van der Waals surface area contributed by atoms with Gasteiger partial charge in [-0.3, -0.25) is 4.72 Å². The molecular formula is C13H14FN3O2S. The molecule has 0 saturated carbocycles. The first-order valence-corrected chi connectivity index (χ1v) is 7.29. The molecule has 0 saturated heterocycles. The number of nitrogen functional groups attached to an aromatic ring is 1. The monoisotopic (exact) mass is 295 g/mol. The molecule has 1 aromatic carbocycles. The molecule has 0 aliphatic heterocycles. The third kappa shape index (κ3) is 2.88. The summed E-state index contributed by atoms with van der Waals surface area (Å²) in [6, 6.07) is 5.55. The lowest BCUT2D eigenvalue weighted by molar-refractivity contribution is 0.591. The van der Waals surface area contributed by atoms with Gasteiger partial charge in [0.15, 0.2) is 0 Å². The van der Waals surface area contributed by atoms with E-state index >= 15 is 0 Å². The molecule has 0 fully saturated rings. The summed E-state index contributed by atoms with van der Waals surface area (Å²) in [5, 5.41) is 0. The SMILES string of the molecule is Cc1ccc(NS(=O)(=O)c2cc(N)cc(F)c2C)nc1. The maximum absolute atomic E-state index is 13.6. The van der Waals surface area contributed by atoms with E-state index in [9.17, 15) is 12.8 Å². The quantitative estimate of drug-likeness (QED) is 0.850. The zero-order valence-electron chi connectivity index (χ0n) is 11.0. The Balaban J connectivity index is 2.43. The molecule has 106 valence electrons. The summed E-state index contributed by atoms with van der Waals surface area (Å²) in [7, 11) is -3.93. The second kappa shape index (κ2) is 5.09. The largest absolute Gasteiger partial charge is 0.399 e. The summed E-state index contributed by atoms with van der Waals surface area (Å²) < 4.78 is 40.3. The smallest absolute Gasteiger partial charge is 0.263 e. The Kier molecular flexibility index (Phi) is 3.63. The van der Waals surface area contributed by atoms with Gasteiger partial charge in [-0.25, -0.2) is 17.8 Å². The van der Waals surface area contributed by atoms with Crippen molar-refractivity contribution in [3.8, 4) is 0 Å². The first-order valence-electron chi connectivity index (χ1n) is 5.81. The predicted octanol–water partition coefficient (Wildman–Crippen LogP) is 2.22. The van der Waals surface area contributed by atoms with Gasteiger partial charge in [-0.2, -0.15) is 0 Å². The Bertz CT molecular complexity index is 743. The highest BCUT2D eigenvalue weighted by molar-refractivity contribution is 7.92. The summed E-state index contributed by atoms with van der Waals surface area (Å²) in [4.78, 5) is 3.75. The van der Waals surface area contributed by atoms with Gasteiger partial charge < -0.3 is 5.73 Å². The lowest BCUT2D eigenvalue weighted by Gasteiger charge is -2.11. The van der Waals surface area contributed by atoms with E-state index in [0.717, 1.165) is 11.6 Å². The standard InChI is InChI=1S/C13H14FN3O2S/c1-8-3-4-13(16-7-8)17-20(18,19)12-6-10(15)5-11(14)9(12)2/h3-7H,15H2,1-2H3,(H,16,17). The summed E-state index contributed by atoms with van der Waals surface area (Å²) in [6.07, 6.45) is 1.53. The van der Waals surface area contributed by atoms with E-state index in [1.807, 2.05) is 6.92 Å². The number of hydrogen-bond donors (Lipinski definition) is 2. The van der Waals surface area contributed by atoms with Crippen molar-refractivity contribution in [3.63, 3.8) is 0 Å². The van der Waals surface area contributed by atoms with Crippen LogP contribution in [0, 0.1) is 19.7 Å². The molecule has 2 aromatic rings. The van der Waals surface area contributed by atoms with Crippen LogP contribution in [0.2, 0.25) is 0 Å². The molecule has 1 aromatic heterocycles. The molecule has 7 heteroatoms. The minimum Gasteiger partial charge on any atom is -0.399 e. The van der Waals surface area contributed by atoms with Crippen molar-refractivity contribution in [3.05, 3.63) is 47.4 Å². The van der Waals surface area contributed by atoms with Crippen molar-refractivity contribution in [2.24, 2.45) is 0 Å². The van der Waals surface area contributed by atoms with Crippen LogP contribution in [0.4, 0.5) is 15.9 Å². The number of nitrogens with one attached hydrogen (secondary N) is 1. The zero-order chi connectivity index (χ0) is 14.9. The second-order valence-electron chi connectivity index (χ2n) is 4.45. The van der Waals surface area contributed by atoms with Crippen LogP contribution in [0.15, 0.2) is 35.4 Å². The molecule has 0 aliphatic carbocycles. The van der Waals surface area contributed by atoms with Crippen LogP contribution in [0.5, 0.6) is 0 Å². The van der Waals surface area contributed by atoms with Gasteiger partial charge in [-0.05, 0) is 37.6 Å². The molecule has 0 aliphatic rings. The van der Waals surface area contributed by atoms with Gasteiger partial charge in [-0.1, -0.05) is 6.07 Å². The molecule has 20 heavy (non-hydrogen) atoms. The summed E-state index contributed by atoms with van der Waals surface area (Å²) in [5.41, 5.74) is 6.45. The number of hydrogen-bond acceptors (Lipinski definition) is 4. The van der Waals surface area contributed by atoms with Crippen molar-refractivity contribution in [2.45, 2.75) is 18.7 Å². The molecule has 0 bridgehead atoms. The van der Waals surface area contributed by atoms with Gasteiger partial charge >= 0.3 is 0 Å². The minimum absolute atomic E-state index is 0.0128. The highest BCUT2D eigenvalue weighted by Crippen LogP contribution is 2.23. The van der Waals surface area contributed by atoms with Crippen LogP contribution in [-0.4, -0.2) is 13.4 Å². The van der Waals surface area contributed by atoms with Gasteiger partial charge in [0, 0.05) is 17.4 Å². The van der Waals surface area contributed by atoms with Gasteiger partial charge in [0.2, 0.25) is 0 Å². The van der Waals surface area contributed by atoms with E-state index in [2.05, 4.69) is 9.71 Å². The van der Waals surface area contributed by atoms with E-state index in [1.54, 1.807) is 6.07 Å². The first-order chi connectivity index (χ1) is 9.29. The molecular weight excluding hydrogens is 281 g/mol. The van der Waals surface area contributed by atoms with Crippen LogP contribution >= 0.6 is 0 Å². The summed E-state index contributed by atoms with van der Waals surface area (Å²) in [5.74, 6) is -0.500. The highest BCUT2D eigenvalue weighted by Gasteiger charge is 2.20. The molecule has 0 unspecified atom stereocenters. The van der Waals surface area contributed by atoms with Crippen LogP contribution in [0.3, 0.4) is 0 Å². The maximum atomic E-state index is 13.6. The Hall–Kier alpha value is -2.15. The van der Waals surface area contributed by atoms with Crippen molar-refractivity contribution < 1.29 is 12.8 Å². The molecule has 0 spiro atoms. The second-order valence-corrected chi connectivity index (χ2v) is 6.10. The maximum Gasteiger partial charge on any atom is 0.263 e. The van der Waals surface area contributed by atoms with Gasteiger partial charge in [0.05, 0.1) is 4.90 Å². The number of nitrogens with zero attached hydrogens (tertiary/aromatic N) is 1. The number of nitrogens with two attached hydrogens (primary N) is 1. The topological polar surface area (TPSA) is 85.1 Å². The lowest BCUT2D eigenvalue weighted by atomic mass is 10.2. The number of sulfonamides is 1. The van der Waals surface area contributed by atoms with Crippen LogP contribution in [-0.2, 0) is 10.0 Å². The molecule has 0 atom stereocenters. The van der Waals surface area contributed by atoms with E-state index in [4.69, 9.17) is 5.73 Å². The Morgan fingerprint density at radius 3 is 2.55 bits per heavy atom. The Morgan fingerprint density at radius 1 is 1.25 bits per heavy atom. The normalized spacial score (nSPS) is 11.3. The van der Waals surface area contributed by atoms with Gasteiger partial charge in [0.25, 0.3) is 10.0 Å². The van der Waals surface area contributed by atoms with Crippen molar-refractivity contribution in [2.75, 3.05) is 10.5 Å². The number of aromatic nitrogens is 1. The van der Waals surface area contributed by atoms with E-state index < -0.39 is 15.8 Å². The van der Waals surface area contributed by atoms with Crippen molar-refractivity contribution >= 4 is 21.5 Å². The fourth-order valence-corrected chi connectivity index (χ4v) is 2.97. The van der Waals surface area contributed by atoms with Crippen LogP contribution < -0.4 is 10.5 Å². The number of halogens is 1. The summed E-state index contributed by atoms with van der Waals surface area (Å²) in [6.45, 7) is 3.22. The molecule has 0 radical (unpaired) electrons. The molecule has 1 heterocycles. The van der Waals surface area contributed by atoms with E-state index in [-0.39, 0.29) is 22.0 Å². The average Bonchev–Trinajstić information content (AvgIpc) is 2.36. The number of rotatable bonds is 3. The Labute approximate surface area is 116 Å². The van der Waals surface area contributed by atoms with E-state index in [1.165, 1.54) is 25.3 Å². The molecule has 3 N–H and O–H groups in total. The fraction of sp³-hybridized carbons (Fsp3) is 0.154. The molecule has 2 rings (SSSR count). The van der Waals surface area contributed by atoms with Gasteiger partial charge in [-0.15, -0.1) is 0 Å². The van der Waals surface area contributed by atoms with Crippen molar-refractivity contribution in [1.29, 1.82) is 0 Å². The van der Waals surface area contributed by atoms with Crippen LogP contribution in [0.1, 0.15) is 11.1 Å². The number of pyridine rings is 1. The van der Waals surface area contributed by atoms with Crippen molar-refractivity contribution in [1.82, 2.24) is 4.98 Å². The summed E-state index contributed by atoms with van der Waals surface area (Å²) >= 11 is 0. The Morgan fingerprint density at radius 2 is 1.95 bits per heavy atom. The van der Waals surface area contributed by atoms with Gasteiger partial charge in [0.1, 0.15) is 11.6 Å². The predicted molar refractivity (Wildman–Crippen MR) is 75.3 cm³/mol. The fourth-order valence-electron chi connectivity index (χ4n) is 1.67. The zero-order valence-corrected chi connectivity index (χ0v) is 11.8. The lowest BCUT2D eigenvalue weighted by Crippen LogP contribution is -2.16. The minimum atomic E-state index is -3.93. The average molecular weight is 295 g/mol. The first kappa shape index (κ1) is 14.3. The third-order valence-corrected chi connectivity index (χ3v) is 4.24. The van der Waals surface area contributed by atoms with Crippen LogP contribution in [0.25, 0.3) is 0 Å². The number of aryl methyl sites for hydroxylation is 1. The number of benzene rings is 1.